The van der Waals surface area contributed by atoms with Gasteiger partial charge in [0.1, 0.15) is 0 Å². The minimum absolute atomic E-state index is 0. The molecule has 23 heavy (non-hydrogen) atoms. The number of rotatable bonds is 7. The van der Waals surface area contributed by atoms with E-state index in [4.69, 9.17) is 9.47 Å². The van der Waals surface area contributed by atoms with Gasteiger partial charge in [-0.05, 0) is 13.3 Å². The van der Waals surface area contributed by atoms with Crippen molar-refractivity contribution in [3.63, 3.8) is 0 Å². The SMILES string of the molecule is C=CCCOc1ccc(-c2[c-]c(F)c(OCC)cc2)[c-]c1F.[W+2]. The maximum atomic E-state index is 13.9. The molecule has 0 aliphatic rings. The third-order valence-electron chi connectivity index (χ3n) is 2.89. The summed E-state index contributed by atoms with van der Waals surface area (Å²) in [5.74, 6) is -1.00. The first-order valence-electron chi connectivity index (χ1n) is 6.96. The first-order chi connectivity index (χ1) is 10.7. The van der Waals surface area contributed by atoms with Gasteiger partial charge in [0.15, 0.2) is 0 Å². The summed E-state index contributed by atoms with van der Waals surface area (Å²) >= 11 is 0. The van der Waals surface area contributed by atoms with Crippen LogP contribution in [0.15, 0.2) is 36.9 Å². The first kappa shape index (κ1) is 19.4. The molecule has 2 rings (SSSR count). The summed E-state index contributed by atoms with van der Waals surface area (Å²) in [6, 6.07) is 11.3. The summed E-state index contributed by atoms with van der Waals surface area (Å²) in [5.41, 5.74) is 0.799. The third-order valence-corrected chi connectivity index (χ3v) is 2.89. The standard InChI is InChI=1S/C18H16F2O2.W/c1-3-5-10-22-18-9-7-14(12-16(18)20)13-6-8-17(21-4-2)15(19)11-13;/h3,6-9H,1,4-5,10H2,2H3;/q-2;+2. The molecule has 120 valence electrons. The van der Waals surface area contributed by atoms with E-state index < -0.39 is 11.6 Å². The average molecular weight is 486 g/mol. The van der Waals surface area contributed by atoms with Crippen LogP contribution in [0.3, 0.4) is 0 Å². The molecule has 0 saturated carbocycles. The van der Waals surface area contributed by atoms with Crippen molar-refractivity contribution in [2.75, 3.05) is 13.2 Å². The van der Waals surface area contributed by atoms with Crippen molar-refractivity contribution in [3.8, 4) is 22.6 Å². The minimum atomic E-state index is -0.621. The van der Waals surface area contributed by atoms with E-state index in [1.165, 1.54) is 12.1 Å². The van der Waals surface area contributed by atoms with Gasteiger partial charge in [-0.25, -0.2) is 19.9 Å². The van der Waals surface area contributed by atoms with Crippen molar-refractivity contribution in [1.82, 2.24) is 0 Å². The Morgan fingerprint density at radius 1 is 1.00 bits per heavy atom. The van der Waals surface area contributed by atoms with Gasteiger partial charge >= 0.3 is 21.1 Å². The zero-order chi connectivity index (χ0) is 15.9. The molecule has 2 aromatic carbocycles. The molecule has 0 unspecified atom stereocenters. The van der Waals surface area contributed by atoms with Crippen molar-refractivity contribution < 1.29 is 39.3 Å². The Labute approximate surface area is 149 Å². The Bertz CT molecular complexity index is 659. The molecule has 0 aromatic heterocycles. The first-order valence-corrected chi connectivity index (χ1v) is 6.96. The predicted octanol–water partition coefficient (Wildman–Crippen LogP) is 4.58. The molecular weight excluding hydrogens is 470 g/mol. The topological polar surface area (TPSA) is 18.5 Å². The molecule has 0 aliphatic heterocycles. The number of hydrogen-bond donors (Lipinski definition) is 0. The molecule has 0 aliphatic carbocycles. The maximum absolute atomic E-state index is 13.9. The summed E-state index contributed by atoms with van der Waals surface area (Å²) in [6.45, 7) is 6.04. The Hall–Kier alpha value is -1.67. The van der Waals surface area contributed by atoms with E-state index in [0.717, 1.165) is 0 Å². The molecule has 5 heteroatoms. The smallest absolute Gasteiger partial charge is 0.534 e. The van der Waals surface area contributed by atoms with E-state index in [0.29, 0.717) is 30.8 Å². The molecule has 0 N–H and O–H groups in total. The Kier molecular flexibility index (Phi) is 7.97. The monoisotopic (exact) mass is 486 g/mol. The number of ether oxygens (including phenoxy) is 2. The van der Waals surface area contributed by atoms with Gasteiger partial charge in [0.2, 0.25) is 0 Å². The van der Waals surface area contributed by atoms with E-state index >= 15 is 0 Å². The number of halogens is 2. The van der Waals surface area contributed by atoms with Crippen LogP contribution in [-0.4, -0.2) is 13.2 Å². The second kappa shape index (κ2) is 9.46. The molecule has 2 nitrogen and oxygen atoms in total. The van der Waals surface area contributed by atoms with Crippen LogP contribution >= 0.6 is 0 Å². The van der Waals surface area contributed by atoms with Crippen molar-refractivity contribution in [3.05, 3.63) is 60.7 Å². The maximum Gasteiger partial charge on any atom is 2.00 e. The van der Waals surface area contributed by atoms with Gasteiger partial charge in [-0.2, -0.15) is 24.3 Å². The Balaban J connectivity index is 0.00000264. The van der Waals surface area contributed by atoms with Crippen LogP contribution in [0.5, 0.6) is 11.5 Å². The van der Waals surface area contributed by atoms with Gasteiger partial charge in [-0.15, -0.1) is 18.7 Å². The zero-order valence-electron chi connectivity index (χ0n) is 12.7. The van der Waals surface area contributed by atoms with Gasteiger partial charge in [0.25, 0.3) is 0 Å². The van der Waals surface area contributed by atoms with Crippen molar-refractivity contribution in [2.45, 2.75) is 13.3 Å². The average Bonchev–Trinajstić information content (AvgIpc) is 2.51. The molecule has 0 bridgehead atoms. The summed E-state index contributed by atoms with van der Waals surface area (Å²) in [4.78, 5) is 0. The molecule has 0 fully saturated rings. The van der Waals surface area contributed by atoms with E-state index in [1.54, 1.807) is 25.1 Å². The van der Waals surface area contributed by atoms with Crippen LogP contribution in [0.4, 0.5) is 8.78 Å². The van der Waals surface area contributed by atoms with Gasteiger partial charge < -0.3 is 9.47 Å². The van der Waals surface area contributed by atoms with Crippen LogP contribution in [0, 0.1) is 23.8 Å². The fourth-order valence-corrected chi connectivity index (χ4v) is 1.85. The number of benzene rings is 2. The second-order valence-corrected chi connectivity index (χ2v) is 4.46. The summed E-state index contributed by atoms with van der Waals surface area (Å²) in [6.07, 6.45) is 2.31. The van der Waals surface area contributed by atoms with E-state index in [9.17, 15) is 8.78 Å². The zero-order valence-corrected chi connectivity index (χ0v) is 15.6. The van der Waals surface area contributed by atoms with Crippen LogP contribution in [0.1, 0.15) is 13.3 Å². The van der Waals surface area contributed by atoms with Gasteiger partial charge in [0, 0.05) is 0 Å². The predicted molar refractivity (Wildman–Crippen MR) is 80.9 cm³/mol. The molecule has 2 aromatic rings. The van der Waals surface area contributed by atoms with Crippen molar-refractivity contribution >= 4 is 0 Å². The van der Waals surface area contributed by atoms with Gasteiger partial charge in [-0.1, -0.05) is 6.08 Å². The Morgan fingerprint density at radius 3 is 1.96 bits per heavy atom. The largest absolute Gasteiger partial charge is 2.00 e. The van der Waals surface area contributed by atoms with E-state index in [2.05, 4.69) is 18.7 Å². The normalized spacial score (nSPS) is 9.87. The molecule has 0 radical (unpaired) electrons. The van der Waals surface area contributed by atoms with Crippen LogP contribution in [-0.2, 0) is 21.1 Å². The number of hydrogen-bond acceptors (Lipinski definition) is 2. The molecule has 0 heterocycles. The van der Waals surface area contributed by atoms with Crippen molar-refractivity contribution in [1.29, 1.82) is 0 Å². The quantitative estimate of drug-likeness (QED) is 0.324. The fourth-order valence-electron chi connectivity index (χ4n) is 1.85. The van der Waals surface area contributed by atoms with Crippen molar-refractivity contribution in [2.24, 2.45) is 0 Å². The van der Waals surface area contributed by atoms with Crippen LogP contribution in [0.2, 0.25) is 0 Å². The van der Waals surface area contributed by atoms with Crippen LogP contribution in [0.25, 0.3) is 11.1 Å². The van der Waals surface area contributed by atoms with Gasteiger partial charge in [-0.3, -0.25) is 0 Å². The van der Waals surface area contributed by atoms with Crippen LogP contribution < -0.4 is 9.47 Å². The van der Waals surface area contributed by atoms with E-state index in [-0.39, 0.29) is 32.6 Å². The fraction of sp³-hybridized carbons (Fsp3) is 0.222. The molecular formula is C18H16F2O2W. The molecule has 0 amide bonds. The molecule has 0 spiro atoms. The minimum Gasteiger partial charge on any atom is -0.534 e. The summed E-state index contributed by atoms with van der Waals surface area (Å²) < 4.78 is 38.1. The Morgan fingerprint density at radius 2 is 1.52 bits per heavy atom. The second-order valence-electron chi connectivity index (χ2n) is 4.46. The van der Waals surface area contributed by atoms with Gasteiger partial charge in [0.05, 0.1) is 36.3 Å². The van der Waals surface area contributed by atoms with E-state index in [1.807, 2.05) is 0 Å². The summed E-state index contributed by atoms with van der Waals surface area (Å²) in [7, 11) is 0. The third kappa shape index (κ3) is 5.17. The summed E-state index contributed by atoms with van der Waals surface area (Å²) in [5, 5.41) is 0. The molecule has 0 atom stereocenters. The molecule has 0 saturated heterocycles.